The summed E-state index contributed by atoms with van der Waals surface area (Å²) in [6.45, 7) is 3.16. The van der Waals surface area contributed by atoms with Crippen LogP contribution < -0.4 is 16.4 Å². The summed E-state index contributed by atoms with van der Waals surface area (Å²) in [4.78, 5) is 16.1. The Hall–Kier alpha value is -1.56. The number of anilines is 2. The molecule has 0 spiro atoms. The number of nitrogens with one attached hydrogen (secondary N) is 1. The smallest absolute Gasteiger partial charge is 0.408 e. The van der Waals surface area contributed by atoms with Gasteiger partial charge in [-0.25, -0.2) is 4.79 Å². The molecule has 2 heterocycles. The lowest BCUT2D eigenvalue weighted by atomic mass is 10.2. The zero-order chi connectivity index (χ0) is 12.7. The number of nitrogens with two attached hydrogens (primary N) is 1. The second-order valence-electron chi connectivity index (χ2n) is 4.54. The summed E-state index contributed by atoms with van der Waals surface area (Å²) in [5.41, 5.74) is 8.92. The highest BCUT2D eigenvalue weighted by molar-refractivity contribution is 7.99. The molecule has 0 saturated carbocycles. The topological polar surface area (TPSA) is 75.3 Å². The summed E-state index contributed by atoms with van der Waals surface area (Å²) in [5, 5.41) is 0. The minimum atomic E-state index is -0.441. The summed E-state index contributed by atoms with van der Waals surface area (Å²) in [6, 6.07) is 4.07. The van der Waals surface area contributed by atoms with Crippen molar-refractivity contribution in [1.29, 1.82) is 0 Å². The van der Waals surface area contributed by atoms with Crippen LogP contribution in [0.1, 0.15) is 6.92 Å². The van der Waals surface area contributed by atoms with E-state index in [1.807, 2.05) is 17.8 Å². The molecule has 1 aliphatic rings. The van der Waals surface area contributed by atoms with Gasteiger partial charge in [-0.1, -0.05) is 0 Å². The Bertz CT molecular complexity index is 634. The molecule has 2 aromatic rings. The number of oxazole rings is 1. The normalized spacial score (nSPS) is 20.5. The molecule has 0 aliphatic carbocycles. The number of benzene rings is 1. The average molecular weight is 265 g/mol. The molecule has 0 bridgehead atoms. The van der Waals surface area contributed by atoms with Crippen molar-refractivity contribution >= 4 is 34.2 Å². The molecule has 1 aromatic carbocycles. The van der Waals surface area contributed by atoms with Crippen LogP contribution in [0.5, 0.6) is 0 Å². The molecular formula is C12H15N3O2S. The fourth-order valence-electron chi connectivity index (χ4n) is 2.34. The van der Waals surface area contributed by atoms with Crippen LogP contribution in [-0.2, 0) is 0 Å². The van der Waals surface area contributed by atoms with Gasteiger partial charge in [0, 0.05) is 30.2 Å². The zero-order valence-corrected chi connectivity index (χ0v) is 10.9. The van der Waals surface area contributed by atoms with Crippen LogP contribution in [0.2, 0.25) is 0 Å². The van der Waals surface area contributed by atoms with Crippen LogP contribution in [0.25, 0.3) is 11.1 Å². The summed E-state index contributed by atoms with van der Waals surface area (Å²) >= 11 is 1.96. The van der Waals surface area contributed by atoms with Gasteiger partial charge < -0.3 is 15.1 Å². The van der Waals surface area contributed by atoms with Gasteiger partial charge in [0.1, 0.15) is 0 Å². The molecule has 0 amide bonds. The second-order valence-corrected chi connectivity index (χ2v) is 5.69. The van der Waals surface area contributed by atoms with Crippen molar-refractivity contribution in [1.82, 2.24) is 4.98 Å². The highest BCUT2D eigenvalue weighted by Crippen LogP contribution is 2.31. The van der Waals surface area contributed by atoms with Crippen LogP contribution in [0, 0.1) is 0 Å². The lowest BCUT2D eigenvalue weighted by molar-refractivity contribution is 0.555. The van der Waals surface area contributed by atoms with Gasteiger partial charge in [0.15, 0.2) is 5.58 Å². The summed E-state index contributed by atoms with van der Waals surface area (Å²) in [6.07, 6.45) is 0. The molecule has 1 atom stereocenters. The number of thioether (sulfide) groups is 1. The fourth-order valence-corrected chi connectivity index (χ4v) is 3.35. The third-order valence-corrected chi connectivity index (χ3v) is 4.43. The number of fused-ring (bicyclic) bond motifs is 1. The molecular weight excluding hydrogens is 250 g/mol. The summed E-state index contributed by atoms with van der Waals surface area (Å²) in [7, 11) is 0. The predicted molar refractivity (Wildman–Crippen MR) is 75.4 cm³/mol. The van der Waals surface area contributed by atoms with E-state index in [2.05, 4.69) is 16.8 Å². The van der Waals surface area contributed by atoms with Gasteiger partial charge in [0.2, 0.25) is 0 Å². The molecule has 1 aromatic heterocycles. The fraction of sp³-hybridized carbons (Fsp3) is 0.417. The maximum Gasteiger partial charge on any atom is 0.417 e. The summed E-state index contributed by atoms with van der Waals surface area (Å²) < 4.78 is 5.00. The van der Waals surface area contributed by atoms with E-state index in [-0.39, 0.29) is 0 Å². The standard InChI is InChI=1S/C12H15N3O2S/c1-7-6-18-3-2-15(7)10-5-9-11(4-8(10)13)17-12(16)14-9/h4-5,7H,2-3,6,13H2,1H3,(H,14,16). The Kier molecular flexibility index (Phi) is 2.74. The van der Waals surface area contributed by atoms with Crippen LogP contribution in [0.4, 0.5) is 11.4 Å². The molecule has 1 unspecified atom stereocenters. The first-order chi connectivity index (χ1) is 8.65. The molecule has 1 saturated heterocycles. The van der Waals surface area contributed by atoms with E-state index in [4.69, 9.17) is 10.2 Å². The monoisotopic (exact) mass is 265 g/mol. The maximum atomic E-state index is 11.2. The molecule has 0 radical (unpaired) electrons. The Morgan fingerprint density at radius 3 is 3.17 bits per heavy atom. The van der Waals surface area contributed by atoms with Gasteiger partial charge in [-0.15, -0.1) is 0 Å². The average Bonchev–Trinajstić information content (AvgIpc) is 2.68. The molecule has 5 nitrogen and oxygen atoms in total. The quantitative estimate of drug-likeness (QED) is 0.767. The van der Waals surface area contributed by atoms with Gasteiger partial charge in [0.25, 0.3) is 0 Å². The minimum Gasteiger partial charge on any atom is -0.408 e. The molecule has 3 rings (SSSR count). The lowest BCUT2D eigenvalue weighted by Gasteiger charge is -2.35. The third kappa shape index (κ3) is 1.86. The van der Waals surface area contributed by atoms with Crippen molar-refractivity contribution < 1.29 is 4.42 Å². The highest BCUT2D eigenvalue weighted by atomic mass is 32.2. The Labute approximate surface area is 108 Å². The molecule has 18 heavy (non-hydrogen) atoms. The van der Waals surface area contributed by atoms with Crippen molar-refractivity contribution in [2.24, 2.45) is 0 Å². The molecule has 1 aliphatic heterocycles. The Morgan fingerprint density at radius 2 is 2.39 bits per heavy atom. The van der Waals surface area contributed by atoms with Gasteiger partial charge in [-0.05, 0) is 13.0 Å². The van der Waals surface area contributed by atoms with E-state index in [0.717, 1.165) is 23.7 Å². The lowest BCUT2D eigenvalue weighted by Crippen LogP contribution is -2.40. The number of rotatable bonds is 1. The van der Waals surface area contributed by atoms with Gasteiger partial charge in [-0.2, -0.15) is 11.8 Å². The van der Waals surface area contributed by atoms with E-state index in [1.54, 1.807) is 6.07 Å². The number of aromatic nitrogens is 1. The Balaban J connectivity index is 2.09. The predicted octanol–water partition coefficient (Wildman–Crippen LogP) is 1.65. The van der Waals surface area contributed by atoms with E-state index in [1.165, 1.54) is 0 Å². The van der Waals surface area contributed by atoms with Crippen LogP contribution in [0.15, 0.2) is 21.3 Å². The first-order valence-electron chi connectivity index (χ1n) is 5.92. The number of aromatic amines is 1. The molecule has 96 valence electrons. The van der Waals surface area contributed by atoms with E-state index in [0.29, 0.717) is 22.8 Å². The number of nitrogen functional groups attached to an aromatic ring is 1. The molecule has 6 heteroatoms. The van der Waals surface area contributed by atoms with Crippen LogP contribution >= 0.6 is 11.8 Å². The number of hydrogen-bond donors (Lipinski definition) is 2. The number of H-pyrrole nitrogens is 1. The van der Waals surface area contributed by atoms with Crippen molar-refractivity contribution in [3.05, 3.63) is 22.7 Å². The van der Waals surface area contributed by atoms with Crippen molar-refractivity contribution in [2.75, 3.05) is 28.7 Å². The second kappa shape index (κ2) is 4.28. The van der Waals surface area contributed by atoms with Crippen molar-refractivity contribution in [3.63, 3.8) is 0 Å². The summed E-state index contributed by atoms with van der Waals surface area (Å²) in [5.74, 6) is 1.76. The van der Waals surface area contributed by atoms with Crippen molar-refractivity contribution in [3.8, 4) is 0 Å². The van der Waals surface area contributed by atoms with Gasteiger partial charge >= 0.3 is 5.76 Å². The third-order valence-electron chi connectivity index (χ3n) is 3.25. The van der Waals surface area contributed by atoms with E-state index >= 15 is 0 Å². The van der Waals surface area contributed by atoms with Crippen molar-refractivity contribution in [2.45, 2.75) is 13.0 Å². The van der Waals surface area contributed by atoms with E-state index in [9.17, 15) is 4.79 Å². The minimum absolute atomic E-state index is 0.441. The SMILES string of the molecule is CC1CSCCN1c1cc2[nH]c(=O)oc2cc1N. The largest absolute Gasteiger partial charge is 0.417 e. The maximum absolute atomic E-state index is 11.2. The van der Waals surface area contributed by atoms with Gasteiger partial charge in [-0.3, -0.25) is 4.98 Å². The first-order valence-corrected chi connectivity index (χ1v) is 7.07. The zero-order valence-electron chi connectivity index (χ0n) is 10.1. The molecule has 1 fully saturated rings. The van der Waals surface area contributed by atoms with E-state index < -0.39 is 5.76 Å². The Morgan fingerprint density at radius 1 is 1.56 bits per heavy atom. The van der Waals surface area contributed by atoms with Gasteiger partial charge in [0.05, 0.1) is 16.9 Å². The van der Waals surface area contributed by atoms with Crippen LogP contribution in [0.3, 0.4) is 0 Å². The molecule has 3 N–H and O–H groups in total. The first kappa shape index (κ1) is 11.5. The van der Waals surface area contributed by atoms with Crippen LogP contribution in [-0.4, -0.2) is 29.1 Å². The number of nitrogens with zero attached hydrogens (tertiary/aromatic N) is 1. The number of hydrogen-bond acceptors (Lipinski definition) is 5. The highest BCUT2D eigenvalue weighted by Gasteiger charge is 2.21.